The summed E-state index contributed by atoms with van der Waals surface area (Å²) in [6.07, 6.45) is 2.32. The fourth-order valence-electron chi connectivity index (χ4n) is 2.50. The lowest BCUT2D eigenvalue weighted by Crippen LogP contribution is -2.24. The van der Waals surface area contributed by atoms with Gasteiger partial charge in [0.15, 0.2) is 6.61 Å². The molecule has 3 rings (SSSR count). The van der Waals surface area contributed by atoms with Crippen LogP contribution in [0.25, 0.3) is 11.0 Å². The van der Waals surface area contributed by atoms with E-state index < -0.39 is 0 Å². The largest absolute Gasteiger partial charge is 0.484 e. The van der Waals surface area contributed by atoms with Gasteiger partial charge in [0.25, 0.3) is 5.91 Å². The van der Waals surface area contributed by atoms with Crippen LogP contribution in [0.15, 0.2) is 58.0 Å². The number of hydrogen-bond acceptors (Lipinski definition) is 5. The van der Waals surface area contributed by atoms with Crippen molar-refractivity contribution >= 4 is 23.1 Å². The Labute approximate surface area is 150 Å². The van der Waals surface area contributed by atoms with Gasteiger partial charge in [-0.15, -0.1) is 0 Å². The first kappa shape index (κ1) is 17.2. The fraction of sp³-hybridized carbons (Fsp3) is 0.150. The number of nitriles is 1. The summed E-state index contributed by atoms with van der Waals surface area (Å²) in [7, 11) is 0. The number of hydrazone groups is 1. The van der Waals surface area contributed by atoms with E-state index in [1.165, 1.54) is 0 Å². The van der Waals surface area contributed by atoms with Crippen LogP contribution < -0.4 is 10.2 Å². The van der Waals surface area contributed by atoms with E-state index in [1.54, 1.807) is 30.5 Å². The van der Waals surface area contributed by atoms with Crippen LogP contribution >= 0.6 is 0 Å². The molecule has 6 heteroatoms. The Bertz CT molecular complexity index is 982. The average Bonchev–Trinajstić information content (AvgIpc) is 3.04. The Morgan fingerprint density at radius 1 is 1.27 bits per heavy atom. The summed E-state index contributed by atoms with van der Waals surface area (Å²) in [6.45, 7) is 1.83. The van der Waals surface area contributed by atoms with Gasteiger partial charge in [-0.1, -0.05) is 25.1 Å². The molecule has 26 heavy (non-hydrogen) atoms. The van der Waals surface area contributed by atoms with E-state index in [2.05, 4.69) is 10.5 Å². The molecule has 1 amide bonds. The number of benzene rings is 2. The number of para-hydroxylation sites is 1. The minimum atomic E-state index is -0.378. The number of carbonyl (C=O) groups excluding carboxylic acids is 1. The van der Waals surface area contributed by atoms with Gasteiger partial charge in [-0.3, -0.25) is 4.79 Å². The maximum atomic E-state index is 11.9. The summed E-state index contributed by atoms with van der Waals surface area (Å²) in [4.78, 5) is 11.9. The quantitative estimate of drug-likeness (QED) is 0.547. The zero-order chi connectivity index (χ0) is 18.4. The molecule has 6 nitrogen and oxygen atoms in total. The van der Waals surface area contributed by atoms with Crippen LogP contribution in [0.4, 0.5) is 0 Å². The molecule has 1 aromatic heterocycles. The van der Waals surface area contributed by atoms with Gasteiger partial charge >= 0.3 is 0 Å². The van der Waals surface area contributed by atoms with Gasteiger partial charge in [0.1, 0.15) is 17.1 Å². The second-order valence-corrected chi connectivity index (χ2v) is 5.51. The van der Waals surface area contributed by atoms with Gasteiger partial charge in [0, 0.05) is 17.4 Å². The standard InChI is InChI=1S/C20H17N3O3/c1-2-18-17(16-5-3-4-6-19(16)26-18)12-22-23-20(24)13-25-15-9-7-14(11-21)8-10-15/h3-10,12H,2,13H2,1H3,(H,23,24)/b22-12-. The summed E-state index contributed by atoms with van der Waals surface area (Å²) >= 11 is 0. The summed E-state index contributed by atoms with van der Waals surface area (Å²) in [5.41, 5.74) is 4.62. The van der Waals surface area contributed by atoms with E-state index in [0.717, 1.165) is 28.7 Å². The number of nitrogens with one attached hydrogen (secondary N) is 1. The van der Waals surface area contributed by atoms with Crippen LogP contribution in [-0.2, 0) is 11.2 Å². The summed E-state index contributed by atoms with van der Waals surface area (Å²) in [5, 5.41) is 13.7. The number of carbonyl (C=O) groups is 1. The third-order valence-electron chi connectivity index (χ3n) is 3.77. The Balaban J connectivity index is 1.60. The first-order valence-corrected chi connectivity index (χ1v) is 8.16. The lowest BCUT2D eigenvalue weighted by molar-refractivity contribution is -0.123. The van der Waals surface area contributed by atoms with E-state index in [0.29, 0.717) is 11.3 Å². The van der Waals surface area contributed by atoms with Gasteiger partial charge in [0.05, 0.1) is 17.8 Å². The van der Waals surface area contributed by atoms with Crippen molar-refractivity contribution in [1.82, 2.24) is 5.43 Å². The highest BCUT2D eigenvalue weighted by Gasteiger charge is 2.10. The molecule has 0 spiro atoms. The molecule has 0 atom stereocenters. The normalized spacial score (nSPS) is 10.8. The number of furan rings is 1. The maximum Gasteiger partial charge on any atom is 0.277 e. The number of aryl methyl sites for hydroxylation is 1. The minimum Gasteiger partial charge on any atom is -0.484 e. The number of ether oxygens (including phenoxy) is 1. The Morgan fingerprint density at radius 2 is 2.04 bits per heavy atom. The Kier molecular flexibility index (Phi) is 5.30. The number of amides is 1. The first-order valence-electron chi connectivity index (χ1n) is 8.16. The van der Waals surface area contributed by atoms with Crippen molar-refractivity contribution in [3.8, 4) is 11.8 Å². The van der Waals surface area contributed by atoms with Crippen LogP contribution in [0.1, 0.15) is 23.8 Å². The highest BCUT2D eigenvalue weighted by atomic mass is 16.5. The van der Waals surface area contributed by atoms with Crippen LogP contribution in [0.5, 0.6) is 5.75 Å². The van der Waals surface area contributed by atoms with Gasteiger partial charge in [0.2, 0.25) is 0 Å². The van der Waals surface area contributed by atoms with E-state index in [1.807, 2.05) is 37.3 Å². The molecular weight excluding hydrogens is 330 g/mol. The number of nitrogens with zero attached hydrogens (tertiary/aromatic N) is 2. The van der Waals surface area contributed by atoms with E-state index in [-0.39, 0.29) is 12.5 Å². The van der Waals surface area contributed by atoms with Gasteiger partial charge in [-0.2, -0.15) is 10.4 Å². The third kappa shape index (κ3) is 3.90. The summed E-state index contributed by atoms with van der Waals surface area (Å²) in [6, 6.07) is 16.2. The second kappa shape index (κ2) is 7.99. The van der Waals surface area contributed by atoms with E-state index >= 15 is 0 Å². The molecule has 0 unspecified atom stereocenters. The van der Waals surface area contributed by atoms with Crippen LogP contribution in [0, 0.1) is 11.3 Å². The van der Waals surface area contributed by atoms with Crippen LogP contribution in [0.3, 0.4) is 0 Å². The molecule has 130 valence electrons. The molecule has 0 fully saturated rings. The number of hydrogen-bond donors (Lipinski definition) is 1. The van der Waals surface area contributed by atoms with Crippen molar-refractivity contribution in [2.75, 3.05) is 6.61 Å². The molecule has 2 aromatic carbocycles. The molecule has 0 aliphatic rings. The molecular formula is C20H17N3O3. The summed E-state index contributed by atoms with van der Waals surface area (Å²) in [5.74, 6) is 0.951. The number of fused-ring (bicyclic) bond motifs is 1. The second-order valence-electron chi connectivity index (χ2n) is 5.51. The predicted molar refractivity (Wildman–Crippen MR) is 98.0 cm³/mol. The molecule has 0 saturated heterocycles. The van der Waals surface area contributed by atoms with Crippen LogP contribution in [-0.4, -0.2) is 18.7 Å². The minimum absolute atomic E-state index is 0.171. The molecule has 0 aliphatic carbocycles. The van der Waals surface area contributed by atoms with Gasteiger partial charge in [-0.05, 0) is 30.3 Å². The lowest BCUT2D eigenvalue weighted by atomic mass is 10.1. The van der Waals surface area contributed by atoms with Crippen LogP contribution in [0.2, 0.25) is 0 Å². The van der Waals surface area contributed by atoms with Crippen molar-refractivity contribution in [3.63, 3.8) is 0 Å². The fourth-order valence-corrected chi connectivity index (χ4v) is 2.50. The summed E-state index contributed by atoms with van der Waals surface area (Å²) < 4.78 is 11.1. The number of rotatable bonds is 6. The molecule has 1 heterocycles. The van der Waals surface area contributed by atoms with E-state index in [9.17, 15) is 4.79 Å². The predicted octanol–water partition coefficient (Wildman–Crippen LogP) is 3.40. The zero-order valence-electron chi connectivity index (χ0n) is 14.2. The van der Waals surface area contributed by atoms with Crippen molar-refractivity contribution in [1.29, 1.82) is 5.26 Å². The highest BCUT2D eigenvalue weighted by Crippen LogP contribution is 2.24. The monoisotopic (exact) mass is 347 g/mol. The first-order chi connectivity index (χ1) is 12.7. The molecule has 0 bridgehead atoms. The van der Waals surface area contributed by atoms with Gasteiger partial charge in [-0.25, -0.2) is 5.43 Å². The van der Waals surface area contributed by atoms with Crippen molar-refractivity contribution < 1.29 is 13.9 Å². The molecule has 0 aliphatic heterocycles. The van der Waals surface area contributed by atoms with Crippen molar-refractivity contribution in [2.45, 2.75) is 13.3 Å². The molecule has 0 saturated carbocycles. The molecule has 3 aromatic rings. The lowest BCUT2D eigenvalue weighted by Gasteiger charge is -2.04. The molecule has 1 N–H and O–H groups in total. The average molecular weight is 347 g/mol. The SMILES string of the molecule is CCc1oc2ccccc2c1/C=N\NC(=O)COc1ccc(C#N)cc1. The Morgan fingerprint density at radius 3 is 2.77 bits per heavy atom. The molecule has 0 radical (unpaired) electrons. The Hall–Kier alpha value is -3.59. The third-order valence-corrected chi connectivity index (χ3v) is 3.77. The van der Waals surface area contributed by atoms with Gasteiger partial charge < -0.3 is 9.15 Å². The van der Waals surface area contributed by atoms with Crippen molar-refractivity contribution in [3.05, 3.63) is 65.4 Å². The maximum absolute atomic E-state index is 11.9. The topological polar surface area (TPSA) is 87.6 Å². The highest BCUT2D eigenvalue weighted by molar-refractivity contribution is 5.99. The van der Waals surface area contributed by atoms with Crippen molar-refractivity contribution in [2.24, 2.45) is 5.10 Å². The van der Waals surface area contributed by atoms with E-state index in [4.69, 9.17) is 14.4 Å². The smallest absolute Gasteiger partial charge is 0.277 e. The zero-order valence-corrected chi connectivity index (χ0v) is 14.2.